The van der Waals surface area contributed by atoms with Crippen LogP contribution in [0.25, 0.3) is 10.6 Å². The predicted molar refractivity (Wildman–Crippen MR) is 114 cm³/mol. The Bertz CT molecular complexity index is 953. The minimum atomic E-state index is -0.647. The summed E-state index contributed by atoms with van der Waals surface area (Å²) >= 11 is 2.66. The van der Waals surface area contributed by atoms with Gasteiger partial charge in [-0.1, -0.05) is 61.4 Å². The van der Waals surface area contributed by atoms with Gasteiger partial charge < -0.3 is 5.32 Å². The molecule has 6 nitrogen and oxygen atoms in total. The van der Waals surface area contributed by atoms with Crippen molar-refractivity contribution >= 4 is 39.6 Å². The highest BCUT2D eigenvalue weighted by Gasteiger charge is 2.27. The van der Waals surface area contributed by atoms with Crippen LogP contribution in [-0.2, 0) is 4.79 Å². The molecule has 8 heteroatoms. The molecule has 0 aliphatic heterocycles. The van der Waals surface area contributed by atoms with Crippen LogP contribution in [0.4, 0.5) is 5.13 Å². The van der Waals surface area contributed by atoms with Gasteiger partial charge in [-0.25, -0.2) is 0 Å². The number of hydrogen-bond acceptors (Lipinski definition) is 6. The van der Waals surface area contributed by atoms with E-state index in [4.69, 9.17) is 0 Å². The van der Waals surface area contributed by atoms with Gasteiger partial charge in [0.2, 0.25) is 11.0 Å². The summed E-state index contributed by atoms with van der Waals surface area (Å²) in [5.41, 5.74) is 2.09. The zero-order valence-corrected chi connectivity index (χ0v) is 17.6. The number of aryl methyl sites for hydroxylation is 1. The third kappa shape index (κ3) is 4.82. The summed E-state index contributed by atoms with van der Waals surface area (Å²) in [5, 5.41) is 16.9. The van der Waals surface area contributed by atoms with E-state index in [9.17, 15) is 9.59 Å². The van der Waals surface area contributed by atoms with Gasteiger partial charge in [0.05, 0.1) is 4.88 Å². The molecule has 2 heterocycles. The summed E-state index contributed by atoms with van der Waals surface area (Å²) in [7, 11) is 0. The molecule has 2 aromatic heterocycles. The van der Waals surface area contributed by atoms with Gasteiger partial charge in [-0.05, 0) is 30.4 Å². The first-order chi connectivity index (χ1) is 13.5. The highest BCUT2D eigenvalue weighted by atomic mass is 32.1. The summed E-state index contributed by atoms with van der Waals surface area (Å²) in [5.74, 6) is -0.549. The Morgan fingerprint density at radius 3 is 2.68 bits per heavy atom. The number of aromatic nitrogens is 2. The smallest absolute Gasteiger partial charge is 0.262 e. The number of carbonyl (C=O) groups is 2. The van der Waals surface area contributed by atoms with Crippen LogP contribution in [0.15, 0.2) is 41.8 Å². The quantitative estimate of drug-likeness (QED) is 0.602. The second kappa shape index (κ2) is 9.07. The van der Waals surface area contributed by atoms with Crippen LogP contribution in [0.1, 0.15) is 35.5 Å². The Hall–Kier alpha value is -2.58. The molecule has 28 heavy (non-hydrogen) atoms. The summed E-state index contributed by atoms with van der Waals surface area (Å²) in [6.45, 7) is 5.94. The lowest BCUT2D eigenvalue weighted by molar-refractivity contribution is -0.119. The maximum atomic E-state index is 12.8. The highest BCUT2D eigenvalue weighted by molar-refractivity contribution is 7.18. The molecule has 2 amide bonds. The molecular formula is C20H22N4O2S2. The van der Waals surface area contributed by atoms with E-state index in [1.165, 1.54) is 22.7 Å². The maximum Gasteiger partial charge on any atom is 0.262 e. The number of amides is 2. The average Bonchev–Trinajstić information content (AvgIpc) is 3.37. The minimum absolute atomic E-state index is 0.0203. The largest absolute Gasteiger partial charge is 0.339 e. The first kappa shape index (κ1) is 20.2. The highest BCUT2D eigenvalue weighted by Crippen LogP contribution is 2.27. The van der Waals surface area contributed by atoms with Crippen molar-refractivity contribution in [3.05, 3.63) is 52.2 Å². The predicted octanol–water partition coefficient (Wildman–Crippen LogP) is 4.36. The molecule has 0 aliphatic rings. The van der Waals surface area contributed by atoms with Crippen molar-refractivity contribution in [1.29, 1.82) is 0 Å². The van der Waals surface area contributed by atoms with Crippen molar-refractivity contribution in [2.75, 3.05) is 5.32 Å². The van der Waals surface area contributed by atoms with Crippen molar-refractivity contribution in [3.8, 4) is 10.6 Å². The molecule has 0 bridgehead atoms. The molecule has 0 aliphatic carbocycles. The molecule has 2 N–H and O–H groups in total. The Kier molecular flexibility index (Phi) is 6.53. The fraction of sp³-hybridized carbons (Fsp3) is 0.300. The lowest BCUT2D eigenvalue weighted by Gasteiger charge is -2.22. The molecule has 0 saturated heterocycles. The van der Waals surface area contributed by atoms with Crippen LogP contribution >= 0.6 is 22.7 Å². The molecule has 0 saturated carbocycles. The monoisotopic (exact) mass is 414 g/mol. The lowest BCUT2D eigenvalue weighted by atomic mass is 9.98. The molecule has 146 valence electrons. The molecule has 3 rings (SSSR count). The Balaban J connectivity index is 1.72. The topological polar surface area (TPSA) is 84.0 Å². The molecule has 0 fully saturated rings. The number of anilines is 1. The van der Waals surface area contributed by atoms with Crippen LogP contribution in [0.2, 0.25) is 0 Å². The molecular weight excluding hydrogens is 392 g/mol. The van der Waals surface area contributed by atoms with Crippen molar-refractivity contribution in [2.45, 2.75) is 33.2 Å². The molecule has 1 aromatic carbocycles. The summed E-state index contributed by atoms with van der Waals surface area (Å²) in [4.78, 5) is 25.8. The first-order valence-corrected chi connectivity index (χ1v) is 10.7. The van der Waals surface area contributed by atoms with Crippen LogP contribution in [-0.4, -0.2) is 28.1 Å². The SMILES string of the molecule is CCC(C)C(NC(=O)c1cccs1)C(=O)Nc1nnc(-c2cccc(C)c2)s1. The van der Waals surface area contributed by atoms with Crippen LogP contribution in [0.5, 0.6) is 0 Å². The average molecular weight is 415 g/mol. The third-order valence-electron chi connectivity index (χ3n) is 4.45. The molecule has 2 unspecified atom stereocenters. The lowest BCUT2D eigenvalue weighted by Crippen LogP contribution is -2.47. The second-order valence-electron chi connectivity index (χ2n) is 6.59. The maximum absolute atomic E-state index is 12.8. The Morgan fingerprint density at radius 2 is 2.00 bits per heavy atom. The normalized spacial score (nSPS) is 13.0. The van der Waals surface area contributed by atoms with E-state index in [1.807, 2.05) is 56.5 Å². The standard InChI is InChI=1S/C20H22N4O2S2/c1-4-13(3)16(21-17(25)15-9-6-10-27-15)18(26)22-20-24-23-19(28-20)14-8-5-7-12(2)11-14/h5-11,13,16H,4H2,1-3H3,(H,21,25)(H,22,24,26). The second-order valence-corrected chi connectivity index (χ2v) is 8.51. The van der Waals surface area contributed by atoms with Crippen LogP contribution in [0.3, 0.4) is 0 Å². The van der Waals surface area contributed by atoms with E-state index in [0.717, 1.165) is 22.6 Å². The first-order valence-electron chi connectivity index (χ1n) is 9.03. The van der Waals surface area contributed by atoms with E-state index < -0.39 is 6.04 Å². The minimum Gasteiger partial charge on any atom is -0.339 e. The Labute approximate surface area is 172 Å². The summed E-state index contributed by atoms with van der Waals surface area (Å²) < 4.78 is 0. The number of nitrogens with one attached hydrogen (secondary N) is 2. The van der Waals surface area contributed by atoms with E-state index >= 15 is 0 Å². The summed E-state index contributed by atoms with van der Waals surface area (Å²) in [6.07, 6.45) is 0.757. The number of nitrogens with zero attached hydrogens (tertiary/aromatic N) is 2. The number of hydrogen-bond donors (Lipinski definition) is 2. The van der Waals surface area contributed by atoms with Gasteiger partial charge in [0.15, 0.2) is 0 Å². The van der Waals surface area contributed by atoms with E-state index in [1.54, 1.807) is 6.07 Å². The van der Waals surface area contributed by atoms with Gasteiger partial charge >= 0.3 is 0 Å². The van der Waals surface area contributed by atoms with E-state index in [2.05, 4.69) is 20.8 Å². The van der Waals surface area contributed by atoms with Gasteiger partial charge in [0.25, 0.3) is 5.91 Å². The van der Waals surface area contributed by atoms with Crippen molar-refractivity contribution in [1.82, 2.24) is 15.5 Å². The fourth-order valence-corrected chi connectivity index (χ4v) is 4.04. The zero-order chi connectivity index (χ0) is 20.1. The van der Waals surface area contributed by atoms with Gasteiger partial charge in [0, 0.05) is 5.56 Å². The van der Waals surface area contributed by atoms with Crippen LogP contribution < -0.4 is 10.6 Å². The van der Waals surface area contributed by atoms with Crippen molar-refractivity contribution < 1.29 is 9.59 Å². The number of benzene rings is 1. The van der Waals surface area contributed by atoms with E-state index in [-0.39, 0.29) is 17.7 Å². The van der Waals surface area contributed by atoms with Crippen LogP contribution in [0, 0.1) is 12.8 Å². The van der Waals surface area contributed by atoms with Gasteiger partial charge in [0.1, 0.15) is 11.0 Å². The molecule has 0 radical (unpaired) electrons. The van der Waals surface area contributed by atoms with E-state index in [0.29, 0.717) is 10.0 Å². The number of thiophene rings is 1. The number of rotatable bonds is 7. The fourth-order valence-electron chi connectivity index (χ4n) is 2.67. The molecule has 0 spiro atoms. The summed E-state index contributed by atoms with van der Waals surface area (Å²) in [6, 6.07) is 10.9. The molecule has 2 atom stereocenters. The van der Waals surface area contributed by atoms with Gasteiger partial charge in [-0.3, -0.25) is 14.9 Å². The van der Waals surface area contributed by atoms with Crippen molar-refractivity contribution in [2.24, 2.45) is 5.92 Å². The molecule has 3 aromatic rings. The Morgan fingerprint density at radius 1 is 1.18 bits per heavy atom. The van der Waals surface area contributed by atoms with Gasteiger partial charge in [-0.15, -0.1) is 21.5 Å². The third-order valence-corrected chi connectivity index (χ3v) is 6.20. The zero-order valence-electron chi connectivity index (χ0n) is 15.9. The van der Waals surface area contributed by atoms with Crippen molar-refractivity contribution in [3.63, 3.8) is 0 Å². The van der Waals surface area contributed by atoms with Gasteiger partial charge in [-0.2, -0.15) is 0 Å². The number of carbonyl (C=O) groups excluding carboxylic acids is 2.